The molecule has 0 N–H and O–H groups in total. The number of hydrogen-bond acceptors (Lipinski definition) is 4. The lowest BCUT2D eigenvalue weighted by atomic mass is 10.3. The Morgan fingerprint density at radius 1 is 1.25 bits per heavy atom. The number of benzene rings is 1. The molecule has 0 saturated carbocycles. The third-order valence-corrected chi connectivity index (χ3v) is 3.81. The van der Waals surface area contributed by atoms with E-state index in [1.807, 2.05) is 49.5 Å². The molecular formula is C19H20N4O. The SMILES string of the molecule is Cc1cnc2c(c1)nc(CCOc1ccccc1)n2CCCC#N. The van der Waals surface area contributed by atoms with Gasteiger partial charge in [0.15, 0.2) is 5.65 Å². The Bertz CT molecular complexity index is 849. The molecule has 122 valence electrons. The van der Waals surface area contributed by atoms with Gasteiger partial charge in [0.25, 0.3) is 0 Å². The molecule has 0 aliphatic heterocycles. The Balaban J connectivity index is 1.77. The monoisotopic (exact) mass is 320 g/mol. The number of nitriles is 1. The topological polar surface area (TPSA) is 63.7 Å². The lowest BCUT2D eigenvalue weighted by molar-refractivity contribution is 0.317. The average Bonchev–Trinajstić information content (AvgIpc) is 2.93. The molecular weight excluding hydrogens is 300 g/mol. The highest BCUT2D eigenvalue weighted by Gasteiger charge is 2.12. The number of ether oxygens (including phenoxy) is 1. The van der Waals surface area contributed by atoms with Crippen molar-refractivity contribution in [3.8, 4) is 11.8 Å². The molecule has 3 rings (SSSR count). The fraction of sp³-hybridized carbons (Fsp3) is 0.316. The van der Waals surface area contributed by atoms with E-state index in [9.17, 15) is 0 Å². The molecule has 0 radical (unpaired) electrons. The van der Waals surface area contributed by atoms with E-state index >= 15 is 0 Å². The molecule has 2 aromatic heterocycles. The summed E-state index contributed by atoms with van der Waals surface area (Å²) in [5.41, 5.74) is 2.88. The van der Waals surface area contributed by atoms with Gasteiger partial charge >= 0.3 is 0 Å². The third kappa shape index (κ3) is 3.72. The minimum absolute atomic E-state index is 0.533. The molecule has 0 amide bonds. The van der Waals surface area contributed by atoms with Crippen LogP contribution in [0.25, 0.3) is 11.2 Å². The van der Waals surface area contributed by atoms with Gasteiger partial charge in [0.05, 0.1) is 12.7 Å². The van der Waals surface area contributed by atoms with Gasteiger partial charge in [0.2, 0.25) is 0 Å². The van der Waals surface area contributed by atoms with E-state index in [1.165, 1.54) is 0 Å². The molecule has 0 fully saturated rings. The van der Waals surface area contributed by atoms with Crippen molar-refractivity contribution in [2.24, 2.45) is 0 Å². The number of unbranched alkanes of at least 4 members (excludes halogenated alkanes) is 1. The smallest absolute Gasteiger partial charge is 0.160 e. The predicted octanol–water partition coefficient (Wildman–Crippen LogP) is 3.67. The van der Waals surface area contributed by atoms with Gasteiger partial charge in [-0.05, 0) is 37.1 Å². The molecule has 0 bridgehead atoms. The van der Waals surface area contributed by atoms with Crippen molar-refractivity contribution < 1.29 is 4.74 Å². The molecule has 0 unspecified atom stereocenters. The average molecular weight is 320 g/mol. The maximum atomic E-state index is 8.77. The van der Waals surface area contributed by atoms with Crippen LogP contribution < -0.4 is 4.74 Å². The van der Waals surface area contributed by atoms with E-state index in [0.717, 1.165) is 41.3 Å². The van der Waals surface area contributed by atoms with E-state index in [0.29, 0.717) is 19.4 Å². The maximum Gasteiger partial charge on any atom is 0.160 e. The van der Waals surface area contributed by atoms with Gasteiger partial charge in [0.1, 0.15) is 17.1 Å². The molecule has 5 heteroatoms. The summed E-state index contributed by atoms with van der Waals surface area (Å²) in [6.07, 6.45) is 3.89. The van der Waals surface area contributed by atoms with E-state index in [1.54, 1.807) is 0 Å². The highest BCUT2D eigenvalue weighted by Crippen LogP contribution is 2.17. The van der Waals surface area contributed by atoms with Crippen LogP contribution in [0.5, 0.6) is 5.75 Å². The Morgan fingerprint density at radius 2 is 2.08 bits per heavy atom. The molecule has 0 aliphatic carbocycles. The zero-order valence-electron chi connectivity index (χ0n) is 13.8. The Hall–Kier alpha value is -2.87. The molecule has 1 aromatic carbocycles. The van der Waals surface area contributed by atoms with Gasteiger partial charge in [-0.15, -0.1) is 0 Å². The third-order valence-electron chi connectivity index (χ3n) is 3.81. The number of imidazole rings is 1. The summed E-state index contributed by atoms with van der Waals surface area (Å²) in [5.74, 6) is 1.82. The van der Waals surface area contributed by atoms with Gasteiger partial charge in [-0.25, -0.2) is 9.97 Å². The Morgan fingerprint density at radius 3 is 2.88 bits per heavy atom. The van der Waals surface area contributed by atoms with Crippen LogP contribution in [0, 0.1) is 18.3 Å². The maximum absolute atomic E-state index is 8.77. The fourth-order valence-electron chi connectivity index (χ4n) is 2.68. The summed E-state index contributed by atoms with van der Waals surface area (Å²) >= 11 is 0. The van der Waals surface area contributed by atoms with Crippen molar-refractivity contribution in [1.29, 1.82) is 5.26 Å². The second kappa shape index (κ2) is 7.60. The van der Waals surface area contributed by atoms with E-state index in [4.69, 9.17) is 15.0 Å². The number of hydrogen-bond donors (Lipinski definition) is 0. The minimum atomic E-state index is 0.533. The lowest BCUT2D eigenvalue weighted by Crippen LogP contribution is -2.09. The molecule has 0 aliphatic rings. The predicted molar refractivity (Wildman–Crippen MR) is 92.8 cm³/mol. The zero-order valence-corrected chi connectivity index (χ0v) is 13.8. The normalized spacial score (nSPS) is 10.7. The quantitative estimate of drug-likeness (QED) is 0.623. The van der Waals surface area contributed by atoms with Crippen molar-refractivity contribution >= 4 is 11.2 Å². The van der Waals surface area contributed by atoms with Gasteiger partial charge in [-0.2, -0.15) is 5.26 Å². The summed E-state index contributed by atoms with van der Waals surface area (Å²) in [7, 11) is 0. The summed E-state index contributed by atoms with van der Waals surface area (Å²) in [4.78, 5) is 9.24. The summed E-state index contributed by atoms with van der Waals surface area (Å²) in [5, 5.41) is 8.77. The molecule has 0 atom stereocenters. The van der Waals surface area contributed by atoms with Crippen molar-refractivity contribution in [2.45, 2.75) is 32.7 Å². The molecule has 5 nitrogen and oxygen atoms in total. The molecule has 0 saturated heterocycles. The zero-order chi connectivity index (χ0) is 16.8. The Kier molecular flexibility index (Phi) is 5.07. The molecule has 3 aromatic rings. The van der Waals surface area contributed by atoms with Crippen LogP contribution in [-0.2, 0) is 13.0 Å². The second-order valence-electron chi connectivity index (χ2n) is 5.71. The number of nitrogens with zero attached hydrogens (tertiary/aromatic N) is 4. The largest absolute Gasteiger partial charge is 0.493 e. The Labute approximate surface area is 141 Å². The summed E-state index contributed by atoms with van der Waals surface area (Å²) in [6, 6.07) is 14.0. The van der Waals surface area contributed by atoms with E-state index in [2.05, 4.69) is 15.6 Å². The van der Waals surface area contributed by atoms with Gasteiger partial charge in [-0.3, -0.25) is 0 Å². The first kappa shape index (κ1) is 16.0. The molecule has 0 spiro atoms. The van der Waals surface area contributed by atoms with Gasteiger partial charge < -0.3 is 9.30 Å². The van der Waals surface area contributed by atoms with Crippen molar-refractivity contribution in [3.05, 3.63) is 54.0 Å². The van der Waals surface area contributed by atoms with Crippen LogP contribution in [0.2, 0.25) is 0 Å². The van der Waals surface area contributed by atoms with Crippen LogP contribution in [0.4, 0.5) is 0 Å². The number of rotatable bonds is 7. The fourth-order valence-corrected chi connectivity index (χ4v) is 2.68. The highest BCUT2D eigenvalue weighted by molar-refractivity contribution is 5.72. The standard InChI is InChI=1S/C19H20N4O/c1-15-13-17-19(21-14-15)23(11-6-5-10-20)18(22-17)9-12-24-16-7-3-2-4-8-16/h2-4,7-8,13-14H,5-6,9,11-12H2,1H3. The van der Waals surface area contributed by atoms with E-state index in [-0.39, 0.29) is 0 Å². The van der Waals surface area contributed by atoms with Crippen LogP contribution in [0.3, 0.4) is 0 Å². The minimum Gasteiger partial charge on any atom is -0.493 e. The number of para-hydroxylation sites is 1. The van der Waals surface area contributed by atoms with Crippen LogP contribution in [0.1, 0.15) is 24.2 Å². The van der Waals surface area contributed by atoms with Gasteiger partial charge in [-0.1, -0.05) is 18.2 Å². The lowest BCUT2D eigenvalue weighted by Gasteiger charge is -2.09. The first-order chi connectivity index (χ1) is 11.8. The van der Waals surface area contributed by atoms with Crippen molar-refractivity contribution in [3.63, 3.8) is 0 Å². The number of aromatic nitrogens is 3. The van der Waals surface area contributed by atoms with Crippen molar-refractivity contribution in [2.75, 3.05) is 6.61 Å². The number of pyridine rings is 1. The van der Waals surface area contributed by atoms with E-state index < -0.39 is 0 Å². The first-order valence-electron chi connectivity index (χ1n) is 8.14. The number of aryl methyl sites for hydroxylation is 2. The van der Waals surface area contributed by atoms with Crippen LogP contribution in [-0.4, -0.2) is 21.1 Å². The van der Waals surface area contributed by atoms with Gasteiger partial charge in [0, 0.05) is 25.6 Å². The summed E-state index contributed by atoms with van der Waals surface area (Å²) in [6.45, 7) is 3.32. The second-order valence-corrected chi connectivity index (χ2v) is 5.71. The molecule has 2 heterocycles. The van der Waals surface area contributed by atoms with Crippen LogP contribution in [0.15, 0.2) is 42.6 Å². The molecule has 24 heavy (non-hydrogen) atoms. The van der Waals surface area contributed by atoms with Crippen LogP contribution >= 0.6 is 0 Å². The summed E-state index contributed by atoms with van der Waals surface area (Å²) < 4.78 is 7.90. The highest BCUT2D eigenvalue weighted by atomic mass is 16.5. The first-order valence-corrected chi connectivity index (χ1v) is 8.14. The number of fused-ring (bicyclic) bond motifs is 1. The van der Waals surface area contributed by atoms with Crippen molar-refractivity contribution in [1.82, 2.24) is 14.5 Å².